The molecule has 0 spiro atoms. The van der Waals surface area contributed by atoms with E-state index in [0.29, 0.717) is 5.92 Å². The molecule has 0 bridgehead atoms. The van der Waals surface area contributed by atoms with Gasteiger partial charge in [-0.3, -0.25) is 4.99 Å². The zero-order valence-corrected chi connectivity index (χ0v) is 15.7. The van der Waals surface area contributed by atoms with Gasteiger partial charge in [0, 0.05) is 33.4 Å². The maximum absolute atomic E-state index is 5.30. The van der Waals surface area contributed by atoms with Gasteiger partial charge < -0.3 is 15.4 Å². The van der Waals surface area contributed by atoms with Crippen molar-refractivity contribution in [2.45, 2.75) is 26.2 Å². The highest BCUT2D eigenvalue weighted by molar-refractivity contribution is 14.0. The normalized spacial score (nSPS) is 12.7. The van der Waals surface area contributed by atoms with Crippen molar-refractivity contribution in [3.05, 3.63) is 22.4 Å². The number of rotatable bonds is 8. The van der Waals surface area contributed by atoms with Crippen LogP contribution < -0.4 is 10.6 Å². The predicted octanol–water partition coefficient (Wildman–Crippen LogP) is 3.06. The van der Waals surface area contributed by atoms with Gasteiger partial charge in [-0.1, -0.05) is 6.92 Å². The average Bonchev–Trinajstić information content (AvgIpc) is 2.95. The molecule has 0 aliphatic carbocycles. The summed E-state index contributed by atoms with van der Waals surface area (Å²) in [6.07, 6.45) is 0.995. The number of hydrogen-bond acceptors (Lipinski definition) is 3. The van der Waals surface area contributed by atoms with Crippen LogP contribution in [0.2, 0.25) is 0 Å². The van der Waals surface area contributed by atoms with E-state index in [1.165, 1.54) is 5.56 Å². The lowest BCUT2D eigenvalue weighted by Gasteiger charge is -2.15. The minimum atomic E-state index is 0. The van der Waals surface area contributed by atoms with Gasteiger partial charge in [-0.15, -0.1) is 24.0 Å². The van der Waals surface area contributed by atoms with E-state index in [1.54, 1.807) is 18.4 Å². The van der Waals surface area contributed by atoms with E-state index < -0.39 is 0 Å². The Bertz CT molecular complexity index is 357. The van der Waals surface area contributed by atoms with Gasteiger partial charge in [0.1, 0.15) is 0 Å². The maximum atomic E-state index is 5.30. The molecule has 1 rings (SSSR count). The first-order valence-corrected chi connectivity index (χ1v) is 7.76. The highest BCUT2D eigenvalue weighted by atomic mass is 127. The second kappa shape index (κ2) is 12.4. The number of hydrogen-bond donors (Lipinski definition) is 2. The lowest BCUT2D eigenvalue weighted by molar-refractivity contribution is 0.145. The third-order valence-corrected chi connectivity index (χ3v) is 3.58. The van der Waals surface area contributed by atoms with Crippen LogP contribution in [0, 0.1) is 0 Å². The van der Waals surface area contributed by atoms with Gasteiger partial charge in [0.2, 0.25) is 0 Å². The molecule has 0 radical (unpaired) electrons. The highest BCUT2D eigenvalue weighted by Gasteiger charge is 2.06. The van der Waals surface area contributed by atoms with Crippen LogP contribution in [-0.2, 0) is 4.74 Å². The molecule has 2 N–H and O–H groups in total. The van der Waals surface area contributed by atoms with E-state index in [9.17, 15) is 0 Å². The average molecular weight is 411 g/mol. The van der Waals surface area contributed by atoms with Crippen LogP contribution in [0.15, 0.2) is 21.8 Å². The van der Waals surface area contributed by atoms with E-state index in [0.717, 1.165) is 38.7 Å². The standard InChI is InChI=1S/C14H25N3OS.HI/c1-4-18-8-5-7-16-14(15-3)17-10-12(2)13-6-9-19-11-13;/h6,9,11-12H,4-5,7-8,10H2,1-3H3,(H2,15,16,17);1H. The summed E-state index contributed by atoms with van der Waals surface area (Å²) in [6.45, 7) is 7.59. The Morgan fingerprint density at radius 2 is 2.25 bits per heavy atom. The Labute approximate surface area is 143 Å². The first-order chi connectivity index (χ1) is 9.27. The molecule has 0 aliphatic heterocycles. The van der Waals surface area contributed by atoms with Crippen LogP contribution in [-0.4, -0.2) is 39.3 Å². The van der Waals surface area contributed by atoms with Gasteiger partial charge in [0.05, 0.1) is 0 Å². The lowest BCUT2D eigenvalue weighted by atomic mass is 10.1. The zero-order chi connectivity index (χ0) is 13.9. The van der Waals surface area contributed by atoms with Gasteiger partial charge in [-0.25, -0.2) is 0 Å². The number of halogens is 1. The first-order valence-electron chi connectivity index (χ1n) is 6.82. The minimum Gasteiger partial charge on any atom is -0.382 e. The molecule has 20 heavy (non-hydrogen) atoms. The van der Waals surface area contributed by atoms with Crippen molar-refractivity contribution >= 4 is 41.3 Å². The molecule has 0 aliphatic rings. The van der Waals surface area contributed by atoms with E-state index >= 15 is 0 Å². The molecule has 0 aromatic carbocycles. The van der Waals surface area contributed by atoms with Crippen molar-refractivity contribution in [3.63, 3.8) is 0 Å². The Hall–Kier alpha value is -0.340. The monoisotopic (exact) mass is 411 g/mol. The summed E-state index contributed by atoms with van der Waals surface area (Å²) in [5.41, 5.74) is 1.38. The largest absolute Gasteiger partial charge is 0.382 e. The van der Waals surface area contributed by atoms with E-state index in [1.807, 2.05) is 6.92 Å². The Balaban J connectivity index is 0.00000361. The summed E-state index contributed by atoms with van der Waals surface area (Å²) in [5, 5.41) is 11.0. The molecule has 0 amide bonds. The molecular formula is C14H26IN3OS. The van der Waals surface area contributed by atoms with Crippen molar-refractivity contribution in [3.8, 4) is 0 Å². The Kier molecular flexibility index (Phi) is 12.2. The summed E-state index contributed by atoms with van der Waals surface area (Å²) in [4.78, 5) is 4.22. The van der Waals surface area contributed by atoms with Crippen LogP contribution in [0.5, 0.6) is 0 Å². The molecule has 1 unspecified atom stereocenters. The van der Waals surface area contributed by atoms with Crippen LogP contribution in [0.3, 0.4) is 0 Å². The molecule has 0 fully saturated rings. The number of nitrogens with zero attached hydrogens (tertiary/aromatic N) is 1. The topological polar surface area (TPSA) is 45.6 Å². The Morgan fingerprint density at radius 3 is 2.85 bits per heavy atom. The van der Waals surface area contributed by atoms with Crippen molar-refractivity contribution in [1.82, 2.24) is 10.6 Å². The maximum Gasteiger partial charge on any atom is 0.190 e. The highest BCUT2D eigenvalue weighted by Crippen LogP contribution is 2.16. The first kappa shape index (κ1) is 19.7. The van der Waals surface area contributed by atoms with Crippen molar-refractivity contribution in [2.75, 3.05) is 33.4 Å². The van der Waals surface area contributed by atoms with Crippen LogP contribution in [0.25, 0.3) is 0 Å². The number of ether oxygens (including phenoxy) is 1. The second-order valence-corrected chi connectivity index (χ2v) is 5.17. The fraction of sp³-hybridized carbons (Fsp3) is 0.643. The minimum absolute atomic E-state index is 0. The number of aliphatic imine (C=N–C) groups is 1. The van der Waals surface area contributed by atoms with Gasteiger partial charge in [0.25, 0.3) is 0 Å². The van der Waals surface area contributed by atoms with Gasteiger partial charge >= 0.3 is 0 Å². The van der Waals surface area contributed by atoms with E-state index in [4.69, 9.17) is 4.74 Å². The number of thiophene rings is 1. The molecule has 116 valence electrons. The quantitative estimate of drug-likeness (QED) is 0.299. The van der Waals surface area contributed by atoms with Crippen molar-refractivity contribution in [2.24, 2.45) is 4.99 Å². The molecule has 0 saturated carbocycles. The fourth-order valence-corrected chi connectivity index (χ4v) is 2.45. The van der Waals surface area contributed by atoms with Crippen molar-refractivity contribution < 1.29 is 4.74 Å². The third kappa shape index (κ3) is 8.06. The molecule has 4 nitrogen and oxygen atoms in total. The smallest absolute Gasteiger partial charge is 0.190 e. The van der Waals surface area contributed by atoms with E-state index in [2.05, 4.69) is 39.4 Å². The Morgan fingerprint density at radius 1 is 1.45 bits per heavy atom. The van der Waals surface area contributed by atoms with E-state index in [-0.39, 0.29) is 24.0 Å². The second-order valence-electron chi connectivity index (χ2n) is 4.39. The third-order valence-electron chi connectivity index (χ3n) is 2.87. The summed E-state index contributed by atoms with van der Waals surface area (Å²) in [7, 11) is 1.80. The molecule has 1 aromatic heterocycles. The number of guanidine groups is 1. The molecule has 6 heteroatoms. The summed E-state index contributed by atoms with van der Waals surface area (Å²) >= 11 is 1.74. The van der Waals surface area contributed by atoms with Gasteiger partial charge in [-0.05, 0) is 41.7 Å². The zero-order valence-electron chi connectivity index (χ0n) is 12.5. The molecule has 1 heterocycles. The molecule has 1 aromatic rings. The predicted molar refractivity (Wildman–Crippen MR) is 98.6 cm³/mol. The number of nitrogens with one attached hydrogen (secondary N) is 2. The molecule has 1 atom stereocenters. The fourth-order valence-electron chi connectivity index (χ4n) is 1.67. The summed E-state index contributed by atoms with van der Waals surface area (Å²) in [5.74, 6) is 1.35. The molecular weight excluding hydrogens is 385 g/mol. The van der Waals surface area contributed by atoms with Crippen molar-refractivity contribution in [1.29, 1.82) is 0 Å². The van der Waals surface area contributed by atoms with Crippen LogP contribution in [0.1, 0.15) is 31.7 Å². The van der Waals surface area contributed by atoms with Gasteiger partial charge in [-0.2, -0.15) is 11.3 Å². The summed E-state index contributed by atoms with van der Waals surface area (Å²) < 4.78 is 5.30. The molecule has 0 saturated heterocycles. The SMILES string of the molecule is CCOCCCNC(=NC)NCC(C)c1ccsc1.I. The lowest BCUT2D eigenvalue weighted by Crippen LogP contribution is -2.39. The van der Waals surface area contributed by atoms with Crippen LogP contribution >= 0.6 is 35.3 Å². The summed E-state index contributed by atoms with van der Waals surface area (Å²) in [6, 6.07) is 2.18. The van der Waals surface area contributed by atoms with Gasteiger partial charge in [0.15, 0.2) is 5.96 Å². The van der Waals surface area contributed by atoms with Crippen LogP contribution in [0.4, 0.5) is 0 Å².